The number of carbonyl (C=O) groups excluding carboxylic acids is 1. The van der Waals surface area contributed by atoms with Gasteiger partial charge in [0.15, 0.2) is 11.9 Å². The molecule has 2 aromatic heterocycles. The monoisotopic (exact) mass is 497 g/mol. The molecule has 0 unspecified atom stereocenters. The van der Waals surface area contributed by atoms with Crippen molar-refractivity contribution in [1.82, 2.24) is 19.5 Å². The molecule has 16 heteroatoms. The first kappa shape index (κ1) is 24.0. The lowest BCUT2D eigenvalue weighted by atomic mass is 10.1. The summed E-state index contributed by atoms with van der Waals surface area (Å²) in [6.07, 6.45) is -4.57. The molecular formula is C18H20N5O10P. The second kappa shape index (κ2) is 9.23. The standard InChI is InChI=1S/C18H20N5O10P/c1-31-9-4-2-8(3-5-9)16(26)20-14-11-15(22-18(27)21-14)23(7-19-11)17-13(25)12(24)10(33-17)6-32-34(28,29)30/h2-5,7,10,12-13,17,24-25H,6H2,1H3,(H2,28,29,30)(H2,20,21,22,26,27)/t10-,12-,13-,17-/m1/s1. The fourth-order valence-corrected chi connectivity index (χ4v) is 3.75. The number of aliphatic hydroxyl groups is 2. The van der Waals surface area contributed by atoms with Crippen molar-refractivity contribution in [3.8, 4) is 5.75 Å². The summed E-state index contributed by atoms with van der Waals surface area (Å²) >= 11 is 0. The SMILES string of the molecule is COc1ccc(C(=O)Nc2[nH]c(=O)nc3c2ncn3[C@@H]2O[C@H](COP(=O)(O)O)[C@@H](O)[C@H]2O)cc1. The van der Waals surface area contributed by atoms with Crippen molar-refractivity contribution in [3.63, 3.8) is 0 Å². The summed E-state index contributed by atoms with van der Waals surface area (Å²) in [5.74, 6) is -0.0663. The highest BCUT2D eigenvalue weighted by Crippen LogP contribution is 2.38. The van der Waals surface area contributed by atoms with Gasteiger partial charge in [-0.2, -0.15) is 4.98 Å². The van der Waals surface area contributed by atoms with E-state index in [1.54, 1.807) is 12.1 Å². The molecule has 1 aliphatic heterocycles. The maximum atomic E-state index is 12.6. The van der Waals surface area contributed by atoms with E-state index in [4.69, 9.17) is 19.3 Å². The van der Waals surface area contributed by atoms with Crippen LogP contribution in [0.2, 0.25) is 0 Å². The van der Waals surface area contributed by atoms with Crippen LogP contribution in [0.5, 0.6) is 5.75 Å². The van der Waals surface area contributed by atoms with Crippen molar-refractivity contribution in [2.45, 2.75) is 24.5 Å². The Bertz CT molecular complexity index is 1300. The van der Waals surface area contributed by atoms with Crippen LogP contribution in [0.25, 0.3) is 11.2 Å². The van der Waals surface area contributed by atoms with Gasteiger partial charge in [-0.1, -0.05) is 0 Å². The number of phosphoric ester groups is 1. The third-order valence-corrected chi connectivity index (χ3v) is 5.54. The molecule has 1 aliphatic rings. The Morgan fingerprint density at radius 1 is 1.26 bits per heavy atom. The second-order valence-corrected chi connectivity index (χ2v) is 8.50. The van der Waals surface area contributed by atoms with Crippen LogP contribution in [0.4, 0.5) is 5.82 Å². The largest absolute Gasteiger partial charge is 0.497 e. The van der Waals surface area contributed by atoms with Gasteiger partial charge in [-0.25, -0.2) is 14.3 Å². The highest BCUT2D eigenvalue weighted by atomic mass is 31.2. The first-order valence-electron chi connectivity index (χ1n) is 9.71. The van der Waals surface area contributed by atoms with E-state index in [1.807, 2.05) is 0 Å². The lowest BCUT2D eigenvalue weighted by molar-refractivity contribution is -0.0504. The van der Waals surface area contributed by atoms with E-state index in [0.29, 0.717) is 5.75 Å². The number of amides is 1. The molecule has 3 heterocycles. The molecule has 34 heavy (non-hydrogen) atoms. The molecule has 1 saturated heterocycles. The van der Waals surface area contributed by atoms with Crippen LogP contribution in [0.1, 0.15) is 16.6 Å². The normalized spacial score (nSPS) is 22.7. The quantitative estimate of drug-likeness (QED) is 0.219. The Morgan fingerprint density at radius 3 is 2.62 bits per heavy atom. The Morgan fingerprint density at radius 2 is 1.97 bits per heavy atom. The van der Waals surface area contributed by atoms with Gasteiger partial charge in [-0.3, -0.25) is 18.9 Å². The number of anilines is 1. The van der Waals surface area contributed by atoms with Crippen LogP contribution in [0.3, 0.4) is 0 Å². The molecule has 0 spiro atoms. The van der Waals surface area contributed by atoms with E-state index in [2.05, 4.69) is 24.8 Å². The summed E-state index contributed by atoms with van der Waals surface area (Å²) in [5.41, 5.74) is -0.589. The summed E-state index contributed by atoms with van der Waals surface area (Å²) in [4.78, 5) is 52.8. The first-order chi connectivity index (χ1) is 16.1. The molecule has 4 atom stereocenters. The summed E-state index contributed by atoms with van der Waals surface area (Å²) in [6.45, 7) is -0.706. The molecule has 1 fully saturated rings. The molecule has 0 bridgehead atoms. The number of nitrogens with one attached hydrogen (secondary N) is 2. The number of aliphatic hydroxyl groups excluding tert-OH is 2. The number of ether oxygens (including phenoxy) is 2. The molecule has 0 aliphatic carbocycles. The highest BCUT2D eigenvalue weighted by Gasteiger charge is 2.45. The first-order valence-corrected chi connectivity index (χ1v) is 11.2. The predicted octanol–water partition coefficient (Wildman–Crippen LogP) is -0.891. The van der Waals surface area contributed by atoms with Crippen molar-refractivity contribution in [1.29, 1.82) is 0 Å². The Kier molecular flexibility index (Phi) is 6.51. The van der Waals surface area contributed by atoms with Crippen molar-refractivity contribution in [2.75, 3.05) is 19.0 Å². The van der Waals surface area contributed by atoms with Crippen LogP contribution in [0, 0.1) is 0 Å². The van der Waals surface area contributed by atoms with E-state index in [-0.39, 0.29) is 22.5 Å². The van der Waals surface area contributed by atoms with E-state index in [1.165, 1.54) is 25.6 Å². The zero-order valence-electron chi connectivity index (χ0n) is 17.4. The molecule has 6 N–H and O–H groups in total. The molecule has 182 valence electrons. The number of rotatable bonds is 7. The minimum Gasteiger partial charge on any atom is -0.497 e. The summed E-state index contributed by atoms with van der Waals surface area (Å²) in [7, 11) is -3.35. The number of benzene rings is 1. The van der Waals surface area contributed by atoms with E-state index in [9.17, 15) is 24.4 Å². The fourth-order valence-electron chi connectivity index (χ4n) is 3.40. The third kappa shape index (κ3) is 4.85. The molecule has 0 radical (unpaired) electrons. The zero-order chi connectivity index (χ0) is 24.6. The number of carbonyl (C=O) groups is 1. The zero-order valence-corrected chi connectivity index (χ0v) is 18.3. The van der Waals surface area contributed by atoms with E-state index >= 15 is 0 Å². The smallest absolute Gasteiger partial charge is 0.469 e. The highest BCUT2D eigenvalue weighted by molar-refractivity contribution is 7.46. The van der Waals surface area contributed by atoms with Crippen LogP contribution in [-0.2, 0) is 13.8 Å². The average molecular weight is 497 g/mol. The van der Waals surface area contributed by atoms with Crippen LogP contribution < -0.4 is 15.7 Å². The summed E-state index contributed by atoms with van der Waals surface area (Å²) in [6, 6.07) is 6.22. The van der Waals surface area contributed by atoms with Gasteiger partial charge in [0.2, 0.25) is 0 Å². The number of imidazole rings is 1. The van der Waals surface area contributed by atoms with Crippen LogP contribution in [-0.4, -0.2) is 77.5 Å². The minimum absolute atomic E-state index is 0.0571. The lowest BCUT2D eigenvalue weighted by Gasteiger charge is -2.16. The lowest BCUT2D eigenvalue weighted by Crippen LogP contribution is -2.33. The molecule has 4 rings (SSSR count). The van der Waals surface area contributed by atoms with Crippen molar-refractivity contribution in [2.24, 2.45) is 0 Å². The maximum Gasteiger partial charge on any atom is 0.469 e. The molecular weight excluding hydrogens is 477 g/mol. The summed E-state index contributed by atoms with van der Waals surface area (Å²) in [5, 5.41) is 23.1. The minimum atomic E-state index is -4.84. The van der Waals surface area contributed by atoms with Gasteiger partial charge in [0.25, 0.3) is 5.91 Å². The van der Waals surface area contributed by atoms with Gasteiger partial charge in [-0.05, 0) is 24.3 Å². The molecule has 15 nitrogen and oxygen atoms in total. The Balaban J connectivity index is 1.61. The molecule has 0 saturated carbocycles. The van der Waals surface area contributed by atoms with Crippen molar-refractivity contribution in [3.05, 3.63) is 46.6 Å². The molecule has 3 aromatic rings. The molecule has 1 amide bonds. The van der Waals surface area contributed by atoms with Gasteiger partial charge in [-0.15, -0.1) is 0 Å². The third-order valence-electron chi connectivity index (χ3n) is 5.05. The van der Waals surface area contributed by atoms with Gasteiger partial charge < -0.3 is 34.8 Å². The number of hydrogen-bond donors (Lipinski definition) is 6. The second-order valence-electron chi connectivity index (χ2n) is 7.26. The van der Waals surface area contributed by atoms with Crippen LogP contribution >= 0.6 is 7.82 Å². The van der Waals surface area contributed by atoms with E-state index < -0.39 is 50.6 Å². The number of aromatic amines is 1. The number of H-pyrrole nitrogens is 1. The Labute approximate surface area is 190 Å². The van der Waals surface area contributed by atoms with Crippen molar-refractivity contribution < 1.29 is 43.4 Å². The van der Waals surface area contributed by atoms with Gasteiger partial charge in [0, 0.05) is 5.56 Å². The number of phosphoric acid groups is 1. The van der Waals surface area contributed by atoms with Gasteiger partial charge in [0.05, 0.1) is 20.0 Å². The van der Waals surface area contributed by atoms with Gasteiger partial charge >= 0.3 is 13.5 Å². The average Bonchev–Trinajstić information content (AvgIpc) is 3.33. The Hall–Kier alpha value is -3.17. The number of hydrogen-bond acceptors (Lipinski definition) is 10. The predicted molar refractivity (Wildman–Crippen MR) is 113 cm³/mol. The topological polar surface area (TPSA) is 218 Å². The fraction of sp³-hybridized carbons (Fsp3) is 0.333. The van der Waals surface area contributed by atoms with Crippen molar-refractivity contribution >= 4 is 30.7 Å². The number of fused-ring (bicyclic) bond motifs is 1. The molecule has 1 aromatic carbocycles. The maximum absolute atomic E-state index is 12.6. The van der Waals surface area contributed by atoms with Crippen LogP contribution in [0.15, 0.2) is 35.4 Å². The van der Waals surface area contributed by atoms with E-state index in [0.717, 1.165) is 4.57 Å². The number of nitrogens with zero attached hydrogens (tertiary/aromatic N) is 3. The number of methoxy groups -OCH3 is 1. The summed E-state index contributed by atoms with van der Waals surface area (Å²) < 4.78 is 27.0. The number of aromatic nitrogens is 4. The van der Waals surface area contributed by atoms with Gasteiger partial charge in [0.1, 0.15) is 35.4 Å².